The maximum atomic E-state index is 13.0. The molecule has 2 aliphatic carbocycles. The summed E-state index contributed by atoms with van der Waals surface area (Å²) in [5.41, 5.74) is 0.465. The molecule has 2 atom stereocenters. The molecule has 134 valence electrons. The van der Waals surface area contributed by atoms with Gasteiger partial charge in [0.2, 0.25) is 10.0 Å². The molecule has 1 N–H and O–H groups in total. The monoisotopic (exact) mass is 363 g/mol. The highest BCUT2D eigenvalue weighted by molar-refractivity contribution is 7.89. The van der Waals surface area contributed by atoms with E-state index >= 15 is 0 Å². The minimum Gasteiger partial charge on any atom is -0.481 e. The van der Waals surface area contributed by atoms with Crippen molar-refractivity contribution in [2.45, 2.75) is 43.4 Å². The van der Waals surface area contributed by atoms with E-state index < -0.39 is 21.4 Å². The van der Waals surface area contributed by atoms with Crippen LogP contribution in [-0.2, 0) is 21.2 Å². The van der Waals surface area contributed by atoms with Crippen molar-refractivity contribution in [3.63, 3.8) is 0 Å². The Morgan fingerprint density at radius 3 is 2.76 bits per heavy atom. The van der Waals surface area contributed by atoms with Gasteiger partial charge in [-0.05, 0) is 55.4 Å². The zero-order valence-electron chi connectivity index (χ0n) is 13.9. The van der Waals surface area contributed by atoms with Crippen molar-refractivity contribution in [1.82, 2.24) is 4.31 Å². The van der Waals surface area contributed by atoms with Gasteiger partial charge in [-0.15, -0.1) is 0 Å². The number of hydrogen-bond donors (Lipinski definition) is 1. The predicted octanol–water partition coefficient (Wildman–Crippen LogP) is 2.08. The summed E-state index contributed by atoms with van der Waals surface area (Å²) in [6, 6.07) is 4.69. The number of ketones is 1. The second kappa shape index (κ2) is 5.64. The first-order valence-electron chi connectivity index (χ1n) is 8.74. The summed E-state index contributed by atoms with van der Waals surface area (Å²) in [5.74, 6) is -0.937. The van der Waals surface area contributed by atoms with E-state index in [9.17, 15) is 23.1 Å². The van der Waals surface area contributed by atoms with Crippen LogP contribution in [-0.4, -0.2) is 42.7 Å². The van der Waals surface area contributed by atoms with Gasteiger partial charge in [0.25, 0.3) is 0 Å². The zero-order chi connectivity index (χ0) is 17.8. The number of fused-ring (bicyclic) bond motifs is 2. The summed E-state index contributed by atoms with van der Waals surface area (Å²) < 4.78 is 27.4. The van der Waals surface area contributed by atoms with E-state index in [1.54, 1.807) is 12.1 Å². The summed E-state index contributed by atoms with van der Waals surface area (Å²) in [5, 5.41) is 9.66. The molecule has 1 heterocycles. The predicted molar refractivity (Wildman–Crippen MR) is 89.9 cm³/mol. The van der Waals surface area contributed by atoms with Crippen LogP contribution in [0.4, 0.5) is 0 Å². The molecule has 0 bridgehead atoms. The number of carbonyl (C=O) groups excluding carboxylic acids is 1. The Labute approximate surface area is 146 Å². The Morgan fingerprint density at radius 2 is 2.04 bits per heavy atom. The molecule has 0 unspecified atom stereocenters. The maximum absolute atomic E-state index is 13.0. The third-order valence-electron chi connectivity index (χ3n) is 6.13. The Hall–Kier alpha value is -1.73. The highest BCUT2D eigenvalue weighted by atomic mass is 32.2. The maximum Gasteiger partial charge on any atom is 0.311 e. The smallest absolute Gasteiger partial charge is 0.311 e. The summed E-state index contributed by atoms with van der Waals surface area (Å²) in [6.45, 7) is 0.315. The van der Waals surface area contributed by atoms with E-state index in [0.29, 0.717) is 24.8 Å². The third kappa shape index (κ3) is 2.44. The van der Waals surface area contributed by atoms with Gasteiger partial charge in [-0.2, -0.15) is 4.31 Å². The van der Waals surface area contributed by atoms with Crippen LogP contribution < -0.4 is 0 Å². The molecule has 2 fully saturated rings. The van der Waals surface area contributed by atoms with E-state index in [1.165, 1.54) is 10.4 Å². The van der Waals surface area contributed by atoms with Crippen LogP contribution in [0.5, 0.6) is 0 Å². The Morgan fingerprint density at radius 1 is 1.24 bits per heavy atom. The lowest BCUT2D eigenvalue weighted by atomic mass is 9.81. The highest BCUT2D eigenvalue weighted by Gasteiger charge is 2.57. The van der Waals surface area contributed by atoms with Gasteiger partial charge in [-0.25, -0.2) is 8.42 Å². The second-order valence-corrected chi connectivity index (χ2v) is 9.38. The summed E-state index contributed by atoms with van der Waals surface area (Å²) in [4.78, 5) is 23.9. The molecule has 25 heavy (non-hydrogen) atoms. The molecule has 0 spiro atoms. The fourth-order valence-corrected chi connectivity index (χ4v) is 6.31. The lowest BCUT2D eigenvalue weighted by Gasteiger charge is -2.23. The van der Waals surface area contributed by atoms with Crippen molar-refractivity contribution >= 4 is 21.8 Å². The lowest BCUT2D eigenvalue weighted by Crippen LogP contribution is -2.37. The fourth-order valence-electron chi connectivity index (χ4n) is 4.71. The minimum absolute atomic E-state index is 0.0470. The molecule has 4 rings (SSSR count). The van der Waals surface area contributed by atoms with E-state index in [2.05, 4.69) is 0 Å². The van der Waals surface area contributed by atoms with Crippen molar-refractivity contribution < 1.29 is 23.1 Å². The van der Waals surface area contributed by atoms with Gasteiger partial charge in [-0.1, -0.05) is 6.42 Å². The molecule has 0 amide bonds. The largest absolute Gasteiger partial charge is 0.481 e. The van der Waals surface area contributed by atoms with E-state index in [0.717, 1.165) is 24.8 Å². The molecular formula is C18H21NO5S. The van der Waals surface area contributed by atoms with Crippen LogP contribution in [0.25, 0.3) is 0 Å². The van der Waals surface area contributed by atoms with Crippen molar-refractivity contribution in [2.75, 3.05) is 13.1 Å². The van der Waals surface area contributed by atoms with Crippen LogP contribution in [0, 0.1) is 11.3 Å². The Bertz CT molecular complexity index is 862. The quantitative estimate of drug-likeness (QED) is 0.888. The average Bonchev–Trinajstić information content (AvgIpc) is 3.13. The number of hydrogen-bond acceptors (Lipinski definition) is 4. The normalized spacial score (nSPS) is 29.4. The Kier molecular flexibility index (Phi) is 3.77. The van der Waals surface area contributed by atoms with Gasteiger partial charge < -0.3 is 5.11 Å². The average molecular weight is 363 g/mol. The van der Waals surface area contributed by atoms with Gasteiger partial charge in [0, 0.05) is 25.1 Å². The van der Waals surface area contributed by atoms with Crippen LogP contribution >= 0.6 is 0 Å². The second-order valence-electron chi connectivity index (χ2n) is 7.44. The van der Waals surface area contributed by atoms with Crippen molar-refractivity contribution in [3.8, 4) is 0 Å². The van der Waals surface area contributed by atoms with Crippen molar-refractivity contribution in [1.29, 1.82) is 0 Å². The fraction of sp³-hybridized carbons (Fsp3) is 0.556. The molecule has 1 saturated heterocycles. The molecule has 6 nitrogen and oxygen atoms in total. The SMILES string of the molecule is O=C1CCCc2cc(S(=O)(=O)N3C[C@@H]4CCC[C@@]4(C(=O)O)C3)ccc21. The molecule has 7 heteroatoms. The standard InChI is InChI=1S/C18H21NO5S/c20-16-5-1-3-12-9-14(6-7-15(12)16)25(23,24)19-10-13-4-2-8-18(13,11-19)17(21)22/h6-7,9,13H,1-5,8,10-11H2,(H,21,22)/t13-,18+/m0/s1. The van der Waals surface area contributed by atoms with Gasteiger partial charge in [0.15, 0.2) is 5.78 Å². The molecular weight excluding hydrogens is 342 g/mol. The van der Waals surface area contributed by atoms with Crippen molar-refractivity contribution in [3.05, 3.63) is 29.3 Å². The van der Waals surface area contributed by atoms with E-state index in [-0.39, 0.29) is 29.7 Å². The van der Waals surface area contributed by atoms with Crippen LogP contribution in [0.15, 0.2) is 23.1 Å². The molecule has 0 radical (unpaired) electrons. The van der Waals surface area contributed by atoms with Crippen LogP contribution in [0.2, 0.25) is 0 Å². The first kappa shape index (κ1) is 16.7. The molecule has 3 aliphatic rings. The number of carbonyl (C=O) groups is 2. The van der Waals surface area contributed by atoms with Crippen molar-refractivity contribution in [2.24, 2.45) is 11.3 Å². The highest BCUT2D eigenvalue weighted by Crippen LogP contribution is 2.50. The van der Waals surface area contributed by atoms with Crippen LogP contribution in [0.1, 0.15) is 48.0 Å². The summed E-state index contributed by atoms with van der Waals surface area (Å²) in [7, 11) is -3.74. The van der Waals surface area contributed by atoms with E-state index in [4.69, 9.17) is 0 Å². The van der Waals surface area contributed by atoms with Gasteiger partial charge in [0.05, 0.1) is 10.3 Å². The topological polar surface area (TPSA) is 91.8 Å². The number of Topliss-reactive ketones (excluding diaryl/α,β-unsaturated/α-hetero) is 1. The van der Waals surface area contributed by atoms with Gasteiger partial charge in [0.1, 0.15) is 0 Å². The number of carboxylic acid groups (broad SMARTS) is 1. The van der Waals surface area contributed by atoms with Crippen LogP contribution in [0.3, 0.4) is 0 Å². The zero-order valence-corrected chi connectivity index (χ0v) is 14.7. The van der Waals surface area contributed by atoms with Gasteiger partial charge >= 0.3 is 5.97 Å². The first-order valence-corrected chi connectivity index (χ1v) is 10.2. The minimum atomic E-state index is -3.74. The number of aryl methyl sites for hydroxylation is 1. The molecule has 1 aliphatic heterocycles. The number of aliphatic carboxylic acids is 1. The molecule has 1 saturated carbocycles. The first-order chi connectivity index (χ1) is 11.8. The third-order valence-corrected chi connectivity index (χ3v) is 7.94. The lowest BCUT2D eigenvalue weighted by molar-refractivity contribution is -0.149. The number of sulfonamides is 1. The van der Waals surface area contributed by atoms with E-state index in [1.807, 2.05) is 0 Å². The number of nitrogens with zero attached hydrogens (tertiary/aromatic N) is 1. The molecule has 0 aromatic heterocycles. The Balaban J connectivity index is 1.67. The number of benzene rings is 1. The van der Waals surface area contributed by atoms with Gasteiger partial charge in [-0.3, -0.25) is 9.59 Å². The molecule has 1 aromatic carbocycles. The summed E-state index contributed by atoms with van der Waals surface area (Å²) in [6.07, 6.45) is 4.09. The number of carboxylic acids is 1. The number of rotatable bonds is 3. The molecule has 1 aromatic rings. The summed E-state index contributed by atoms with van der Waals surface area (Å²) >= 11 is 0.